The van der Waals surface area contributed by atoms with Gasteiger partial charge in [0.1, 0.15) is 0 Å². The molecule has 4 nitrogen and oxygen atoms in total. The van der Waals surface area contributed by atoms with Crippen LogP contribution in [0.25, 0.3) is 0 Å². The van der Waals surface area contributed by atoms with Crippen LogP contribution in [-0.4, -0.2) is 30.2 Å². The predicted octanol–water partition coefficient (Wildman–Crippen LogP) is 2.36. The highest BCUT2D eigenvalue weighted by Gasteiger charge is 2.37. The van der Waals surface area contributed by atoms with Crippen LogP contribution in [0, 0.1) is 5.92 Å². The summed E-state index contributed by atoms with van der Waals surface area (Å²) in [5.74, 6) is 2.54. The first-order valence-electron chi connectivity index (χ1n) is 7.47. The number of rotatable bonds is 2. The third-order valence-corrected chi connectivity index (χ3v) is 4.76. The summed E-state index contributed by atoms with van der Waals surface area (Å²) in [6, 6.07) is 6.29. The average Bonchev–Trinajstić information content (AvgIpc) is 3.02. The molecule has 4 heteroatoms. The van der Waals surface area contributed by atoms with Gasteiger partial charge in [-0.05, 0) is 42.9 Å². The molecule has 2 fully saturated rings. The van der Waals surface area contributed by atoms with E-state index in [9.17, 15) is 4.79 Å². The molecular weight excluding hydrogens is 254 g/mol. The standard InChI is InChI=1S/C16H19NO3/c18-16(17-9-12-2-1-3-13(17)6-12)8-11-4-5-14-15(7-11)20-10-19-14/h4-5,7,12-13H,1-3,6,8-10H2. The highest BCUT2D eigenvalue weighted by atomic mass is 16.7. The Hall–Kier alpha value is -1.71. The summed E-state index contributed by atoms with van der Waals surface area (Å²) in [4.78, 5) is 14.6. The van der Waals surface area contributed by atoms with Crippen molar-refractivity contribution in [2.75, 3.05) is 13.3 Å². The van der Waals surface area contributed by atoms with Crippen molar-refractivity contribution < 1.29 is 14.3 Å². The lowest BCUT2D eigenvalue weighted by atomic mass is 9.90. The highest BCUT2D eigenvalue weighted by Crippen LogP contribution is 2.36. The van der Waals surface area contributed by atoms with Crippen LogP contribution in [-0.2, 0) is 11.2 Å². The van der Waals surface area contributed by atoms with Crippen molar-refractivity contribution in [3.8, 4) is 11.5 Å². The third kappa shape index (κ3) is 2.03. The second kappa shape index (κ2) is 4.69. The molecule has 2 atom stereocenters. The van der Waals surface area contributed by atoms with Crippen molar-refractivity contribution >= 4 is 5.91 Å². The molecule has 0 spiro atoms. The Morgan fingerprint density at radius 1 is 1.25 bits per heavy atom. The first kappa shape index (κ1) is 12.1. The monoisotopic (exact) mass is 273 g/mol. The lowest BCUT2D eigenvalue weighted by Gasteiger charge is -2.24. The Kier molecular flexibility index (Phi) is 2.83. The number of ether oxygens (including phenoxy) is 2. The van der Waals surface area contributed by atoms with Crippen LogP contribution in [0.1, 0.15) is 31.2 Å². The van der Waals surface area contributed by atoms with Gasteiger partial charge in [-0.3, -0.25) is 4.79 Å². The Bertz CT molecular complexity index is 543. The zero-order valence-corrected chi connectivity index (χ0v) is 11.5. The van der Waals surface area contributed by atoms with Gasteiger partial charge in [0.05, 0.1) is 6.42 Å². The lowest BCUT2D eigenvalue weighted by Crippen LogP contribution is -2.36. The van der Waals surface area contributed by atoms with Crippen LogP contribution in [0.5, 0.6) is 11.5 Å². The van der Waals surface area contributed by atoms with E-state index in [0.29, 0.717) is 12.5 Å². The van der Waals surface area contributed by atoms with E-state index >= 15 is 0 Å². The SMILES string of the molecule is O=C(Cc1ccc2c(c1)OCO2)N1CC2CCCC1C2. The Morgan fingerprint density at radius 3 is 3.05 bits per heavy atom. The zero-order valence-electron chi connectivity index (χ0n) is 11.5. The van der Waals surface area contributed by atoms with E-state index < -0.39 is 0 Å². The average molecular weight is 273 g/mol. The lowest BCUT2D eigenvalue weighted by molar-refractivity contribution is -0.131. The molecule has 20 heavy (non-hydrogen) atoms. The van der Waals surface area contributed by atoms with Crippen molar-refractivity contribution in [2.24, 2.45) is 5.92 Å². The van der Waals surface area contributed by atoms with Gasteiger partial charge in [-0.1, -0.05) is 12.5 Å². The maximum atomic E-state index is 12.5. The zero-order chi connectivity index (χ0) is 13.5. The second-order valence-electron chi connectivity index (χ2n) is 6.10. The van der Waals surface area contributed by atoms with Gasteiger partial charge >= 0.3 is 0 Å². The number of amides is 1. The molecule has 2 aliphatic heterocycles. The maximum Gasteiger partial charge on any atom is 0.231 e. The van der Waals surface area contributed by atoms with Crippen molar-refractivity contribution in [1.29, 1.82) is 0 Å². The largest absolute Gasteiger partial charge is 0.454 e. The summed E-state index contributed by atoms with van der Waals surface area (Å²) >= 11 is 0. The van der Waals surface area contributed by atoms with Gasteiger partial charge in [0, 0.05) is 12.6 Å². The van der Waals surface area contributed by atoms with Crippen LogP contribution in [0.3, 0.4) is 0 Å². The van der Waals surface area contributed by atoms with E-state index in [1.165, 1.54) is 25.7 Å². The molecular formula is C16H19NO3. The second-order valence-corrected chi connectivity index (χ2v) is 6.10. The van der Waals surface area contributed by atoms with Crippen molar-refractivity contribution in [3.63, 3.8) is 0 Å². The summed E-state index contributed by atoms with van der Waals surface area (Å²) in [5.41, 5.74) is 1.01. The molecule has 0 N–H and O–H groups in total. The summed E-state index contributed by atoms with van der Waals surface area (Å²) in [6.45, 7) is 1.25. The van der Waals surface area contributed by atoms with Crippen LogP contribution in [0.15, 0.2) is 18.2 Å². The van der Waals surface area contributed by atoms with Crippen LogP contribution in [0.4, 0.5) is 0 Å². The van der Waals surface area contributed by atoms with Gasteiger partial charge in [0.25, 0.3) is 0 Å². The van der Waals surface area contributed by atoms with Gasteiger partial charge in [-0.25, -0.2) is 0 Å². The van der Waals surface area contributed by atoms with Crippen molar-refractivity contribution in [3.05, 3.63) is 23.8 Å². The van der Waals surface area contributed by atoms with Crippen LogP contribution in [0.2, 0.25) is 0 Å². The van der Waals surface area contributed by atoms with Gasteiger partial charge in [-0.2, -0.15) is 0 Å². The molecule has 4 rings (SSSR count). The Labute approximate surface area is 118 Å². The van der Waals surface area contributed by atoms with Gasteiger partial charge < -0.3 is 14.4 Å². The summed E-state index contributed by atoms with van der Waals surface area (Å²) in [5, 5.41) is 0. The molecule has 2 heterocycles. The molecule has 2 unspecified atom stereocenters. The van der Waals surface area contributed by atoms with Gasteiger partial charge in [-0.15, -0.1) is 0 Å². The number of carbonyl (C=O) groups excluding carboxylic acids is 1. The maximum absolute atomic E-state index is 12.5. The minimum absolute atomic E-state index is 0.262. The van der Waals surface area contributed by atoms with E-state index in [2.05, 4.69) is 4.90 Å². The number of likely N-dealkylation sites (tertiary alicyclic amines) is 1. The molecule has 1 saturated carbocycles. The Balaban J connectivity index is 1.47. The molecule has 1 aliphatic carbocycles. The first-order valence-corrected chi connectivity index (χ1v) is 7.47. The molecule has 1 amide bonds. The molecule has 1 aromatic carbocycles. The smallest absolute Gasteiger partial charge is 0.231 e. The molecule has 0 radical (unpaired) electrons. The fourth-order valence-corrected chi connectivity index (χ4v) is 3.77. The fraction of sp³-hybridized carbons (Fsp3) is 0.562. The molecule has 1 saturated heterocycles. The number of hydrogen-bond acceptors (Lipinski definition) is 3. The van der Waals surface area contributed by atoms with Crippen molar-refractivity contribution in [2.45, 2.75) is 38.1 Å². The topological polar surface area (TPSA) is 38.8 Å². The van der Waals surface area contributed by atoms with E-state index in [1.54, 1.807) is 0 Å². The summed E-state index contributed by atoms with van der Waals surface area (Å²) < 4.78 is 10.7. The summed E-state index contributed by atoms with van der Waals surface area (Å²) in [6.07, 6.45) is 5.45. The molecule has 0 aromatic heterocycles. The van der Waals surface area contributed by atoms with E-state index in [-0.39, 0.29) is 12.7 Å². The quantitative estimate of drug-likeness (QED) is 0.830. The minimum atomic E-state index is 0.262. The van der Waals surface area contributed by atoms with Crippen LogP contribution < -0.4 is 9.47 Å². The third-order valence-electron chi connectivity index (χ3n) is 4.76. The molecule has 2 bridgehead atoms. The number of nitrogens with zero attached hydrogens (tertiary/aromatic N) is 1. The van der Waals surface area contributed by atoms with E-state index in [1.807, 2.05) is 18.2 Å². The predicted molar refractivity (Wildman–Crippen MR) is 73.7 cm³/mol. The number of fused-ring (bicyclic) bond motifs is 3. The number of hydrogen-bond donors (Lipinski definition) is 0. The minimum Gasteiger partial charge on any atom is -0.454 e. The fourth-order valence-electron chi connectivity index (χ4n) is 3.77. The Morgan fingerprint density at radius 2 is 2.15 bits per heavy atom. The molecule has 106 valence electrons. The van der Waals surface area contributed by atoms with Gasteiger partial charge in [0.2, 0.25) is 12.7 Å². The number of carbonyl (C=O) groups is 1. The highest BCUT2D eigenvalue weighted by molar-refractivity contribution is 5.79. The van der Waals surface area contributed by atoms with E-state index in [0.717, 1.165) is 29.5 Å². The normalized spacial score (nSPS) is 26.9. The van der Waals surface area contributed by atoms with Crippen molar-refractivity contribution in [1.82, 2.24) is 4.90 Å². The number of benzene rings is 1. The molecule has 3 aliphatic rings. The van der Waals surface area contributed by atoms with Gasteiger partial charge in [0.15, 0.2) is 11.5 Å². The van der Waals surface area contributed by atoms with Crippen LogP contribution >= 0.6 is 0 Å². The first-order chi connectivity index (χ1) is 9.79. The van der Waals surface area contributed by atoms with E-state index in [4.69, 9.17) is 9.47 Å². The molecule has 1 aromatic rings. The summed E-state index contributed by atoms with van der Waals surface area (Å²) in [7, 11) is 0.